The zero-order valence-corrected chi connectivity index (χ0v) is 9.28. The molecule has 84 valence electrons. The molecule has 1 aromatic rings. The van der Waals surface area contributed by atoms with E-state index in [0.29, 0.717) is 18.0 Å². The predicted molar refractivity (Wildman–Crippen MR) is 57.8 cm³/mol. The van der Waals surface area contributed by atoms with Gasteiger partial charge in [0.25, 0.3) is 0 Å². The summed E-state index contributed by atoms with van der Waals surface area (Å²) in [5, 5.41) is 9.74. The number of nitrogens with zero attached hydrogens (tertiary/aromatic N) is 1. The minimum Gasteiger partial charge on any atom is -0.387 e. The third-order valence-electron chi connectivity index (χ3n) is 2.35. The molecule has 0 fully saturated rings. The van der Waals surface area contributed by atoms with Crippen molar-refractivity contribution < 1.29 is 9.50 Å². The maximum atomic E-state index is 12.6. The van der Waals surface area contributed by atoms with E-state index in [2.05, 4.69) is 18.8 Å². The summed E-state index contributed by atoms with van der Waals surface area (Å²) in [5.41, 5.74) is 0.556. The lowest BCUT2D eigenvalue weighted by molar-refractivity contribution is 0.157. The van der Waals surface area contributed by atoms with Gasteiger partial charge in [0.1, 0.15) is 5.82 Å². The van der Waals surface area contributed by atoms with Crippen LogP contribution in [-0.4, -0.2) is 10.1 Å². The van der Waals surface area contributed by atoms with E-state index >= 15 is 0 Å². The number of aliphatic hydroxyl groups is 1. The molecule has 0 spiro atoms. The molecule has 1 atom stereocenters. The van der Waals surface area contributed by atoms with Crippen molar-refractivity contribution >= 4 is 0 Å². The van der Waals surface area contributed by atoms with E-state index in [4.69, 9.17) is 0 Å². The maximum Gasteiger partial charge on any atom is 0.141 e. The normalized spacial score (nSPS) is 13.1. The molecular weight excluding hydrogens is 193 g/mol. The van der Waals surface area contributed by atoms with Crippen LogP contribution in [0.2, 0.25) is 0 Å². The number of hydrogen-bond donors (Lipinski definition) is 1. The summed E-state index contributed by atoms with van der Waals surface area (Å²) in [4.78, 5) is 3.85. The summed E-state index contributed by atoms with van der Waals surface area (Å²) in [7, 11) is 0. The van der Waals surface area contributed by atoms with Crippen molar-refractivity contribution in [3.63, 3.8) is 0 Å². The highest BCUT2D eigenvalue weighted by Crippen LogP contribution is 2.18. The Morgan fingerprint density at radius 2 is 2.07 bits per heavy atom. The minimum atomic E-state index is -0.565. The summed E-state index contributed by atoms with van der Waals surface area (Å²) < 4.78 is 12.6. The molecule has 1 rings (SSSR count). The summed E-state index contributed by atoms with van der Waals surface area (Å²) >= 11 is 0. The van der Waals surface area contributed by atoms with Gasteiger partial charge in [-0.1, -0.05) is 26.7 Å². The zero-order chi connectivity index (χ0) is 11.3. The van der Waals surface area contributed by atoms with Gasteiger partial charge in [0.2, 0.25) is 0 Å². The molecule has 1 heterocycles. The van der Waals surface area contributed by atoms with Gasteiger partial charge >= 0.3 is 0 Å². The lowest BCUT2D eigenvalue weighted by Crippen LogP contribution is -2.01. The smallest absolute Gasteiger partial charge is 0.141 e. The first-order valence-electron chi connectivity index (χ1n) is 5.39. The van der Waals surface area contributed by atoms with Crippen LogP contribution >= 0.6 is 0 Å². The van der Waals surface area contributed by atoms with Crippen molar-refractivity contribution in [2.24, 2.45) is 5.92 Å². The lowest BCUT2D eigenvalue weighted by atomic mass is 10.0. The number of halogens is 1. The Bertz CT molecular complexity index is 284. The fourth-order valence-corrected chi connectivity index (χ4v) is 1.45. The van der Waals surface area contributed by atoms with Gasteiger partial charge in [-0.2, -0.15) is 0 Å². The second-order valence-electron chi connectivity index (χ2n) is 4.24. The number of aromatic nitrogens is 1. The molecule has 1 aromatic heterocycles. The van der Waals surface area contributed by atoms with Gasteiger partial charge < -0.3 is 5.11 Å². The van der Waals surface area contributed by atoms with Crippen LogP contribution in [-0.2, 0) is 0 Å². The molecule has 2 nitrogen and oxygen atoms in total. The highest BCUT2D eigenvalue weighted by Gasteiger charge is 2.08. The molecule has 0 radical (unpaired) electrons. The number of aliphatic hydroxyl groups excluding tert-OH is 1. The van der Waals surface area contributed by atoms with E-state index in [1.807, 2.05) is 0 Å². The van der Waals surface area contributed by atoms with Crippen LogP contribution in [0.3, 0.4) is 0 Å². The molecule has 0 saturated heterocycles. The molecule has 3 heteroatoms. The van der Waals surface area contributed by atoms with E-state index in [1.54, 1.807) is 0 Å². The molecule has 0 aliphatic rings. The van der Waals surface area contributed by atoms with Crippen LogP contribution in [0.4, 0.5) is 4.39 Å². The highest BCUT2D eigenvalue weighted by molar-refractivity contribution is 5.07. The van der Waals surface area contributed by atoms with Crippen LogP contribution in [0, 0.1) is 11.7 Å². The topological polar surface area (TPSA) is 33.1 Å². The van der Waals surface area contributed by atoms with E-state index < -0.39 is 6.10 Å². The minimum absolute atomic E-state index is 0.367. The molecule has 15 heavy (non-hydrogen) atoms. The van der Waals surface area contributed by atoms with Gasteiger partial charge in [0.15, 0.2) is 0 Å². The lowest BCUT2D eigenvalue weighted by Gasteiger charge is -2.10. The predicted octanol–water partition coefficient (Wildman–Crippen LogP) is 3.08. The van der Waals surface area contributed by atoms with Gasteiger partial charge in [-0.3, -0.25) is 4.98 Å². The van der Waals surface area contributed by atoms with E-state index in [9.17, 15) is 9.50 Å². The highest BCUT2D eigenvalue weighted by atomic mass is 19.1. The zero-order valence-electron chi connectivity index (χ0n) is 9.28. The van der Waals surface area contributed by atoms with Crippen LogP contribution in [0.15, 0.2) is 18.3 Å². The molecule has 1 N–H and O–H groups in total. The SMILES string of the molecule is CC(C)CCCC(O)c1ccc(F)cn1. The van der Waals surface area contributed by atoms with E-state index in [-0.39, 0.29) is 5.82 Å². The van der Waals surface area contributed by atoms with Crippen molar-refractivity contribution in [1.82, 2.24) is 4.98 Å². The van der Waals surface area contributed by atoms with Gasteiger partial charge in [-0.15, -0.1) is 0 Å². The van der Waals surface area contributed by atoms with Crippen molar-refractivity contribution in [1.29, 1.82) is 0 Å². The Hall–Kier alpha value is -0.960. The Morgan fingerprint density at radius 1 is 1.33 bits per heavy atom. The van der Waals surface area contributed by atoms with Crippen LogP contribution in [0.1, 0.15) is 44.9 Å². The third kappa shape index (κ3) is 4.38. The van der Waals surface area contributed by atoms with Crippen molar-refractivity contribution in [3.8, 4) is 0 Å². The Morgan fingerprint density at radius 3 is 2.60 bits per heavy atom. The first-order valence-corrected chi connectivity index (χ1v) is 5.39. The van der Waals surface area contributed by atoms with Gasteiger partial charge in [0.05, 0.1) is 18.0 Å². The second kappa shape index (κ2) is 5.81. The van der Waals surface area contributed by atoms with Crippen LogP contribution < -0.4 is 0 Å². The number of hydrogen-bond acceptors (Lipinski definition) is 2. The first kappa shape index (κ1) is 12.1. The molecule has 0 saturated carbocycles. The molecule has 0 aliphatic carbocycles. The monoisotopic (exact) mass is 211 g/mol. The molecular formula is C12H18FNO. The molecule has 0 amide bonds. The second-order valence-corrected chi connectivity index (χ2v) is 4.24. The first-order chi connectivity index (χ1) is 7.09. The quantitative estimate of drug-likeness (QED) is 0.811. The van der Waals surface area contributed by atoms with Gasteiger partial charge in [0, 0.05) is 0 Å². The maximum absolute atomic E-state index is 12.6. The number of rotatable bonds is 5. The average Bonchev–Trinajstić information content (AvgIpc) is 2.18. The van der Waals surface area contributed by atoms with Gasteiger partial charge in [-0.05, 0) is 24.5 Å². The van der Waals surface area contributed by atoms with Crippen LogP contribution in [0.25, 0.3) is 0 Å². The summed E-state index contributed by atoms with van der Waals surface area (Å²) in [6.07, 6.45) is 3.33. The van der Waals surface area contributed by atoms with Crippen molar-refractivity contribution in [2.45, 2.75) is 39.2 Å². The van der Waals surface area contributed by atoms with Crippen molar-refractivity contribution in [2.75, 3.05) is 0 Å². The average molecular weight is 211 g/mol. The Balaban J connectivity index is 2.40. The third-order valence-corrected chi connectivity index (χ3v) is 2.35. The van der Waals surface area contributed by atoms with Gasteiger partial charge in [-0.25, -0.2) is 4.39 Å². The van der Waals surface area contributed by atoms with E-state index in [1.165, 1.54) is 12.1 Å². The fourth-order valence-electron chi connectivity index (χ4n) is 1.45. The fraction of sp³-hybridized carbons (Fsp3) is 0.583. The number of pyridine rings is 1. The standard InChI is InChI=1S/C12H18FNO/c1-9(2)4-3-5-12(15)11-7-6-10(13)8-14-11/h6-9,12,15H,3-5H2,1-2H3. The largest absolute Gasteiger partial charge is 0.387 e. The molecule has 0 bridgehead atoms. The van der Waals surface area contributed by atoms with Crippen molar-refractivity contribution in [3.05, 3.63) is 29.8 Å². The molecule has 0 aromatic carbocycles. The molecule has 0 aliphatic heterocycles. The summed E-state index contributed by atoms with van der Waals surface area (Å²) in [6, 6.07) is 2.86. The Labute approximate surface area is 90.2 Å². The van der Waals surface area contributed by atoms with E-state index in [0.717, 1.165) is 19.0 Å². The Kier molecular flexibility index (Phi) is 4.69. The summed E-state index contributed by atoms with van der Waals surface area (Å²) in [6.45, 7) is 4.31. The van der Waals surface area contributed by atoms with Crippen LogP contribution in [0.5, 0.6) is 0 Å². The molecule has 1 unspecified atom stereocenters. The summed E-state index contributed by atoms with van der Waals surface area (Å²) in [5.74, 6) is 0.284.